The van der Waals surface area contributed by atoms with E-state index >= 15 is 0 Å². The van der Waals surface area contributed by atoms with E-state index in [0.29, 0.717) is 37.9 Å². The van der Waals surface area contributed by atoms with Crippen molar-refractivity contribution in [3.63, 3.8) is 0 Å². The molecule has 0 aromatic carbocycles. The summed E-state index contributed by atoms with van der Waals surface area (Å²) in [4.78, 5) is 36.0. The van der Waals surface area contributed by atoms with Crippen molar-refractivity contribution in [1.82, 2.24) is 20.1 Å². The number of hydrogen-bond donors (Lipinski definition) is 4. The van der Waals surface area contributed by atoms with Crippen molar-refractivity contribution in [2.75, 3.05) is 5.32 Å². The number of alkyl halides is 3. The predicted octanol–water partition coefficient (Wildman–Crippen LogP) is 2.72. The van der Waals surface area contributed by atoms with Crippen LogP contribution in [0, 0.1) is 5.92 Å². The summed E-state index contributed by atoms with van der Waals surface area (Å²) in [7, 11) is 0. The van der Waals surface area contributed by atoms with E-state index in [9.17, 15) is 22.8 Å². The molecule has 0 radical (unpaired) electrons. The lowest BCUT2D eigenvalue weighted by Gasteiger charge is -2.26. The van der Waals surface area contributed by atoms with E-state index in [2.05, 4.69) is 20.7 Å². The van der Waals surface area contributed by atoms with Crippen LogP contribution < -0.4 is 10.6 Å². The van der Waals surface area contributed by atoms with Crippen molar-refractivity contribution in [2.45, 2.75) is 44.4 Å². The standard InChI is InChI=1S/C17H21N5O3.C2HF3O2/c23-16(24)13-3-5-14(6-4-13)20-17(25)21-15-9-19-22(11-15)10-12-2-1-7-18-8-12;3-2(4,5)1(6)7/h1-2,7-9,11,13-14H,3-6,10H2,(H,23,24)(H2,20,21,25);(H,6,7). The Kier molecular flexibility index (Phi) is 8.55. The lowest BCUT2D eigenvalue weighted by Crippen LogP contribution is -2.40. The maximum atomic E-state index is 12.1. The molecule has 1 saturated carbocycles. The summed E-state index contributed by atoms with van der Waals surface area (Å²) in [5, 5.41) is 26.0. The number of aromatic nitrogens is 3. The molecule has 32 heavy (non-hydrogen) atoms. The number of carboxylic acids is 2. The van der Waals surface area contributed by atoms with Gasteiger partial charge in [-0.2, -0.15) is 18.3 Å². The molecule has 2 aromatic heterocycles. The highest BCUT2D eigenvalue weighted by Gasteiger charge is 2.38. The fraction of sp³-hybridized carbons (Fsp3) is 0.421. The Balaban J connectivity index is 0.000000451. The molecule has 0 spiro atoms. The molecular formula is C19H22F3N5O5. The summed E-state index contributed by atoms with van der Waals surface area (Å²) in [5.41, 5.74) is 1.64. The van der Waals surface area contributed by atoms with Gasteiger partial charge in [-0.05, 0) is 37.3 Å². The van der Waals surface area contributed by atoms with Crippen LogP contribution in [0.25, 0.3) is 0 Å². The van der Waals surface area contributed by atoms with Crippen molar-refractivity contribution in [3.8, 4) is 0 Å². The lowest BCUT2D eigenvalue weighted by molar-refractivity contribution is -0.192. The molecule has 13 heteroatoms. The van der Waals surface area contributed by atoms with Crippen molar-refractivity contribution < 1.29 is 37.8 Å². The molecular weight excluding hydrogens is 435 g/mol. The highest BCUT2D eigenvalue weighted by Crippen LogP contribution is 2.24. The lowest BCUT2D eigenvalue weighted by atomic mass is 9.86. The number of rotatable bonds is 5. The molecule has 0 aliphatic heterocycles. The number of urea groups is 1. The number of halogens is 3. The van der Waals surface area contributed by atoms with E-state index in [0.717, 1.165) is 5.56 Å². The Labute approximate surface area is 180 Å². The minimum atomic E-state index is -5.08. The smallest absolute Gasteiger partial charge is 0.481 e. The first kappa shape index (κ1) is 24.6. The molecule has 10 nitrogen and oxygen atoms in total. The first-order valence-electron chi connectivity index (χ1n) is 9.56. The van der Waals surface area contributed by atoms with Gasteiger partial charge in [-0.25, -0.2) is 9.59 Å². The molecule has 0 saturated heterocycles. The first-order valence-corrected chi connectivity index (χ1v) is 9.56. The maximum absolute atomic E-state index is 12.1. The SMILES string of the molecule is O=C(Nc1cnn(Cc2cccnc2)c1)NC1CCC(C(=O)O)CC1.O=C(O)C(F)(F)F. The average Bonchev–Trinajstić information content (AvgIpc) is 3.15. The van der Waals surface area contributed by atoms with Crippen LogP contribution in [0.4, 0.5) is 23.7 Å². The average molecular weight is 457 g/mol. The third-order valence-corrected chi connectivity index (χ3v) is 4.61. The zero-order valence-electron chi connectivity index (χ0n) is 16.7. The van der Waals surface area contributed by atoms with Crippen molar-refractivity contribution in [3.05, 3.63) is 42.5 Å². The third kappa shape index (κ3) is 8.24. The zero-order valence-corrected chi connectivity index (χ0v) is 16.7. The van der Waals surface area contributed by atoms with E-state index in [4.69, 9.17) is 15.0 Å². The van der Waals surface area contributed by atoms with Crippen LogP contribution in [-0.4, -0.2) is 55.2 Å². The van der Waals surface area contributed by atoms with E-state index in [1.54, 1.807) is 29.5 Å². The monoisotopic (exact) mass is 457 g/mol. The van der Waals surface area contributed by atoms with Gasteiger partial charge in [0, 0.05) is 24.6 Å². The van der Waals surface area contributed by atoms with Gasteiger partial charge in [0.05, 0.1) is 24.3 Å². The Morgan fingerprint density at radius 3 is 2.31 bits per heavy atom. The van der Waals surface area contributed by atoms with Crippen LogP contribution >= 0.6 is 0 Å². The fourth-order valence-electron chi connectivity index (χ4n) is 3.03. The molecule has 3 rings (SSSR count). The Bertz CT molecular complexity index is 912. The number of amides is 2. The van der Waals surface area contributed by atoms with Crippen molar-refractivity contribution in [2.24, 2.45) is 5.92 Å². The van der Waals surface area contributed by atoms with E-state index in [-0.39, 0.29) is 18.0 Å². The number of carbonyl (C=O) groups is 3. The van der Waals surface area contributed by atoms with Gasteiger partial charge in [-0.1, -0.05) is 6.07 Å². The second-order valence-corrected chi connectivity index (χ2v) is 7.08. The van der Waals surface area contributed by atoms with Gasteiger partial charge in [0.25, 0.3) is 0 Å². The predicted molar refractivity (Wildman–Crippen MR) is 105 cm³/mol. The van der Waals surface area contributed by atoms with Crippen LogP contribution in [-0.2, 0) is 16.1 Å². The highest BCUT2D eigenvalue weighted by atomic mass is 19.4. The quantitative estimate of drug-likeness (QED) is 0.540. The molecule has 0 atom stereocenters. The molecule has 0 bridgehead atoms. The summed E-state index contributed by atoms with van der Waals surface area (Å²) in [5.74, 6) is -3.79. The molecule has 1 fully saturated rings. The van der Waals surface area contributed by atoms with E-state index in [1.165, 1.54) is 0 Å². The van der Waals surface area contributed by atoms with Crippen molar-refractivity contribution >= 4 is 23.7 Å². The Morgan fingerprint density at radius 2 is 1.78 bits per heavy atom. The number of nitrogens with one attached hydrogen (secondary N) is 2. The van der Waals surface area contributed by atoms with Crippen LogP contribution in [0.5, 0.6) is 0 Å². The topological polar surface area (TPSA) is 146 Å². The number of pyridine rings is 1. The molecule has 2 aromatic rings. The number of anilines is 1. The number of carbonyl (C=O) groups excluding carboxylic acids is 1. The van der Waals surface area contributed by atoms with Gasteiger partial charge in [0.1, 0.15) is 0 Å². The Morgan fingerprint density at radius 1 is 1.12 bits per heavy atom. The van der Waals surface area contributed by atoms with Gasteiger partial charge in [0.2, 0.25) is 0 Å². The van der Waals surface area contributed by atoms with Crippen LogP contribution in [0.15, 0.2) is 36.9 Å². The van der Waals surface area contributed by atoms with Gasteiger partial charge in [-0.15, -0.1) is 0 Å². The number of hydrogen-bond acceptors (Lipinski definition) is 5. The highest BCUT2D eigenvalue weighted by molar-refractivity contribution is 5.89. The summed E-state index contributed by atoms with van der Waals surface area (Å²) < 4.78 is 33.5. The van der Waals surface area contributed by atoms with Crippen LogP contribution in [0.1, 0.15) is 31.2 Å². The number of nitrogens with zero attached hydrogens (tertiary/aromatic N) is 3. The number of aliphatic carboxylic acids is 2. The third-order valence-electron chi connectivity index (χ3n) is 4.61. The van der Waals surface area contributed by atoms with Crippen LogP contribution in [0.3, 0.4) is 0 Å². The first-order chi connectivity index (χ1) is 15.0. The minimum absolute atomic E-state index is 0.0149. The molecule has 174 valence electrons. The summed E-state index contributed by atoms with van der Waals surface area (Å²) in [6, 6.07) is 3.55. The van der Waals surface area contributed by atoms with Crippen molar-refractivity contribution in [1.29, 1.82) is 0 Å². The second-order valence-electron chi connectivity index (χ2n) is 7.08. The molecule has 1 aliphatic rings. The summed E-state index contributed by atoms with van der Waals surface area (Å²) in [6.45, 7) is 0.580. The summed E-state index contributed by atoms with van der Waals surface area (Å²) >= 11 is 0. The molecule has 0 unspecified atom stereocenters. The molecule has 2 heterocycles. The fourth-order valence-corrected chi connectivity index (χ4v) is 3.03. The minimum Gasteiger partial charge on any atom is -0.481 e. The Hall–Kier alpha value is -3.64. The van der Waals surface area contributed by atoms with Gasteiger partial charge in [0.15, 0.2) is 0 Å². The van der Waals surface area contributed by atoms with E-state index < -0.39 is 18.1 Å². The van der Waals surface area contributed by atoms with E-state index in [1.807, 2.05) is 12.1 Å². The molecule has 1 aliphatic carbocycles. The van der Waals surface area contributed by atoms with Crippen LogP contribution in [0.2, 0.25) is 0 Å². The normalized spacial score (nSPS) is 18.1. The largest absolute Gasteiger partial charge is 0.490 e. The van der Waals surface area contributed by atoms with Gasteiger partial charge < -0.3 is 20.8 Å². The van der Waals surface area contributed by atoms with Gasteiger partial charge in [-0.3, -0.25) is 14.5 Å². The van der Waals surface area contributed by atoms with Gasteiger partial charge >= 0.3 is 24.1 Å². The summed E-state index contributed by atoms with van der Waals surface area (Å²) in [6.07, 6.45) is 4.33. The second kappa shape index (κ2) is 11.1. The zero-order chi connectivity index (χ0) is 23.7. The maximum Gasteiger partial charge on any atom is 0.490 e. The molecule has 2 amide bonds. The molecule has 4 N–H and O–H groups in total. The number of carboxylic acid groups (broad SMARTS) is 2.